The number of carbonyl (C=O) groups is 1. The summed E-state index contributed by atoms with van der Waals surface area (Å²) >= 11 is 5.79. The van der Waals surface area contributed by atoms with Gasteiger partial charge < -0.3 is 10.6 Å². The Morgan fingerprint density at radius 2 is 2.21 bits per heavy atom. The molecule has 0 radical (unpaired) electrons. The van der Waals surface area contributed by atoms with Crippen LogP contribution < -0.4 is 10.6 Å². The summed E-state index contributed by atoms with van der Waals surface area (Å²) in [5.41, 5.74) is -0.249. The Labute approximate surface area is 118 Å². The molecule has 19 heavy (non-hydrogen) atoms. The number of nitrogens with one attached hydrogen (secondary N) is 2. The minimum absolute atomic E-state index is 0.0886. The van der Waals surface area contributed by atoms with Crippen molar-refractivity contribution in [3.8, 4) is 0 Å². The first-order valence-electron chi connectivity index (χ1n) is 6.80. The molecule has 1 aliphatic heterocycles. The van der Waals surface area contributed by atoms with Gasteiger partial charge in [0.25, 0.3) is 0 Å². The van der Waals surface area contributed by atoms with E-state index in [9.17, 15) is 4.79 Å². The van der Waals surface area contributed by atoms with E-state index in [0.717, 1.165) is 38.8 Å². The smallest absolute Gasteiger partial charge is 0.231 e. The third-order valence-electron chi connectivity index (χ3n) is 3.74. The van der Waals surface area contributed by atoms with Crippen LogP contribution in [0.3, 0.4) is 0 Å². The molecule has 2 heterocycles. The average molecular weight is 282 g/mol. The summed E-state index contributed by atoms with van der Waals surface area (Å²) < 4.78 is 0. The number of anilines is 1. The Hall–Kier alpha value is -1.13. The van der Waals surface area contributed by atoms with Crippen LogP contribution in [0, 0.1) is 5.41 Å². The zero-order valence-corrected chi connectivity index (χ0v) is 12.0. The molecule has 1 amide bonds. The molecule has 0 aliphatic carbocycles. The van der Waals surface area contributed by atoms with Crippen molar-refractivity contribution in [3.63, 3.8) is 0 Å². The summed E-state index contributed by atoms with van der Waals surface area (Å²) in [5, 5.41) is 6.81. The minimum Gasteiger partial charge on any atom is -0.317 e. The number of pyridine rings is 1. The minimum atomic E-state index is -0.249. The van der Waals surface area contributed by atoms with E-state index in [2.05, 4.69) is 22.5 Å². The van der Waals surface area contributed by atoms with Gasteiger partial charge in [-0.25, -0.2) is 4.98 Å². The lowest BCUT2D eigenvalue weighted by Crippen LogP contribution is -2.45. The second-order valence-electron chi connectivity index (χ2n) is 5.10. The van der Waals surface area contributed by atoms with Gasteiger partial charge in [-0.2, -0.15) is 0 Å². The second kappa shape index (κ2) is 6.35. The topological polar surface area (TPSA) is 54.0 Å². The van der Waals surface area contributed by atoms with Gasteiger partial charge in [-0.05, 0) is 44.5 Å². The summed E-state index contributed by atoms with van der Waals surface area (Å²) in [6.45, 7) is 3.93. The number of nitrogens with zero attached hydrogens (tertiary/aromatic N) is 1. The molecule has 0 unspecified atom stereocenters. The number of piperidine rings is 1. The molecule has 0 atom stereocenters. The Bertz CT molecular complexity index is 421. The fraction of sp³-hybridized carbons (Fsp3) is 0.571. The number of halogens is 1. The molecule has 2 N–H and O–H groups in total. The molecule has 2 rings (SSSR count). The van der Waals surface area contributed by atoms with E-state index in [1.807, 2.05) is 0 Å². The monoisotopic (exact) mass is 281 g/mol. The van der Waals surface area contributed by atoms with Crippen LogP contribution in [0.4, 0.5) is 5.82 Å². The van der Waals surface area contributed by atoms with Gasteiger partial charge in [-0.1, -0.05) is 24.9 Å². The summed E-state index contributed by atoms with van der Waals surface area (Å²) in [6.07, 6.45) is 5.27. The van der Waals surface area contributed by atoms with Crippen molar-refractivity contribution < 1.29 is 4.79 Å². The maximum atomic E-state index is 12.6. The Morgan fingerprint density at radius 3 is 2.79 bits per heavy atom. The fourth-order valence-electron chi connectivity index (χ4n) is 2.67. The lowest BCUT2D eigenvalue weighted by molar-refractivity contribution is -0.127. The molecule has 1 saturated heterocycles. The van der Waals surface area contributed by atoms with Gasteiger partial charge in [0, 0.05) is 6.20 Å². The van der Waals surface area contributed by atoms with Crippen molar-refractivity contribution in [2.75, 3.05) is 18.4 Å². The first-order valence-corrected chi connectivity index (χ1v) is 7.18. The predicted molar refractivity (Wildman–Crippen MR) is 77.3 cm³/mol. The van der Waals surface area contributed by atoms with Crippen LogP contribution in [-0.2, 0) is 4.79 Å². The van der Waals surface area contributed by atoms with E-state index in [4.69, 9.17) is 11.6 Å². The van der Waals surface area contributed by atoms with E-state index < -0.39 is 0 Å². The van der Waals surface area contributed by atoms with E-state index in [0.29, 0.717) is 10.8 Å². The second-order valence-corrected chi connectivity index (χ2v) is 5.53. The maximum Gasteiger partial charge on any atom is 0.231 e. The molecular weight excluding hydrogens is 262 g/mol. The first kappa shape index (κ1) is 14.3. The molecule has 1 aromatic heterocycles. The van der Waals surface area contributed by atoms with E-state index in [-0.39, 0.29) is 11.3 Å². The molecular formula is C14H20ClN3O. The van der Waals surface area contributed by atoms with Crippen molar-refractivity contribution in [2.24, 2.45) is 5.41 Å². The molecule has 1 aromatic rings. The quantitative estimate of drug-likeness (QED) is 0.892. The Balaban J connectivity index is 2.09. The van der Waals surface area contributed by atoms with Crippen molar-refractivity contribution in [3.05, 3.63) is 23.4 Å². The van der Waals surface area contributed by atoms with Crippen molar-refractivity contribution >= 4 is 23.3 Å². The molecule has 1 aliphatic rings. The van der Waals surface area contributed by atoms with Crippen LogP contribution in [0.15, 0.2) is 18.3 Å². The van der Waals surface area contributed by atoms with Crippen LogP contribution in [-0.4, -0.2) is 24.0 Å². The lowest BCUT2D eigenvalue weighted by Gasteiger charge is -2.36. The fourth-order valence-corrected chi connectivity index (χ4v) is 2.78. The average Bonchev–Trinajstić information content (AvgIpc) is 2.43. The zero-order chi connectivity index (χ0) is 13.7. The molecule has 0 spiro atoms. The Kier molecular flexibility index (Phi) is 4.77. The number of carbonyl (C=O) groups excluding carboxylic acids is 1. The molecule has 0 aromatic carbocycles. The summed E-state index contributed by atoms with van der Waals surface area (Å²) in [7, 11) is 0. The predicted octanol–water partition coefficient (Wildman–Crippen LogP) is 2.84. The van der Waals surface area contributed by atoms with Gasteiger partial charge in [0.15, 0.2) is 0 Å². The van der Waals surface area contributed by atoms with Gasteiger partial charge in [0.2, 0.25) is 5.91 Å². The number of aromatic nitrogens is 1. The zero-order valence-electron chi connectivity index (χ0n) is 11.2. The highest BCUT2D eigenvalue weighted by Gasteiger charge is 2.38. The molecule has 104 valence electrons. The van der Waals surface area contributed by atoms with Crippen LogP contribution in [0.2, 0.25) is 5.02 Å². The molecule has 5 heteroatoms. The third-order valence-corrected chi connectivity index (χ3v) is 3.96. The normalized spacial score (nSPS) is 18.0. The summed E-state index contributed by atoms with van der Waals surface area (Å²) in [6, 6.07) is 3.47. The molecule has 0 saturated carbocycles. The number of hydrogen-bond acceptors (Lipinski definition) is 3. The molecule has 0 bridgehead atoms. The van der Waals surface area contributed by atoms with Gasteiger partial charge in [0.05, 0.1) is 10.4 Å². The van der Waals surface area contributed by atoms with Crippen molar-refractivity contribution in [2.45, 2.75) is 32.6 Å². The number of amides is 1. The molecule has 1 fully saturated rings. The number of rotatable bonds is 4. The van der Waals surface area contributed by atoms with Crippen molar-refractivity contribution in [1.29, 1.82) is 0 Å². The number of hydrogen-bond donors (Lipinski definition) is 2. The molecule has 4 nitrogen and oxygen atoms in total. The van der Waals surface area contributed by atoms with Gasteiger partial charge >= 0.3 is 0 Å². The van der Waals surface area contributed by atoms with E-state index in [1.54, 1.807) is 18.3 Å². The standard InChI is InChI=1S/C14H20ClN3O/c1-2-5-14(6-8-16-9-7-14)13(19)18-12-4-3-11(15)10-17-12/h3-4,10,16H,2,5-9H2,1H3,(H,17,18,19). The Morgan fingerprint density at radius 1 is 1.47 bits per heavy atom. The first-order chi connectivity index (χ1) is 9.16. The highest BCUT2D eigenvalue weighted by Crippen LogP contribution is 2.35. The van der Waals surface area contributed by atoms with Gasteiger partial charge in [0.1, 0.15) is 5.82 Å². The lowest BCUT2D eigenvalue weighted by atomic mass is 9.74. The van der Waals surface area contributed by atoms with Crippen LogP contribution in [0.5, 0.6) is 0 Å². The van der Waals surface area contributed by atoms with Crippen LogP contribution >= 0.6 is 11.6 Å². The van der Waals surface area contributed by atoms with Crippen LogP contribution in [0.1, 0.15) is 32.6 Å². The SMILES string of the molecule is CCCC1(C(=O)Nc2ccc(Cl)cn2)CCNCC1. The third kappa shape index (κ3) is 3.45. The van der Waals surface area contributed by atoms with E-state index in [1.165, 1.54) is 0 Å². The maximum absolute atomic E-state index is 12.6. The van der Waals surface area contributed by atoms with Crippen LogP contribution in [0.25, 0.3) is 0 Å². The van der Waals surface area contributed by atoms with Crippen molar-refractivity contribution in [1.82, 2.24) is 10.3 Å². The van der Waals surface area contributed by atoms with Gasteiger partial charge in [-0.15, -0.1) is 0 Å². The largest absolute Gasteiger partial charge is 0.317 e. The van der Waals surface area contributed by atoms with E-state index >= 15 is 0 Å². The summed E-state index contributed by atoms with van der Waals surface area (Å²) in [5.74, 6) is 0.661. The highest BCUT2D eigenvalue weighted by molar-refractivity contribution is 6.30. The summed E-state index contributed by atoms with van der Waals surface area (Å²) in [4.78, 5) is 16.7. The van der Waals surface area contributed by atoms with Gasteiger partial charge in [-0.3, -0.25) is 4.79 Å². The highest BCUT2D eigenvalue weighted by atomic mass is 35.5.